The van der Waals surface area contributed by atoms with Crippen molar-refractivity contribution in [2.24, 2.45) is 0 Å². The Kier molecular flexibility index (Phi) is 4.53. The molecule has 2 rings (SSSR count). The highest BCUT2D eigenvalue weighted by atomic mass is 16.6. The minimum Gasteiger partial charge on any atom is -0.462 e. The van der Waals surface area contributed by atoms with Gasteiger partial charge in [0.15, 0.2) is 0 Å². The van der Waals surface area contributed by atoms with Crippen LogP contribution < -0.4 is 5.48 Å². The molecule has 1 N–H and O–H groups in total. The molecule has 98 valence electrons. The predicted octanol–water partition coefficient (Wildman–Crippen LogP) is 2.85. The summed E-state index contributed by atoms with van der Waals surface area (Å²) in [6.07, 6.45) is 2.96. The van der Waals surface area contributed by atoms with Gasteiger partial charge in [0.25, 0.3) is 5.91 Å². The summed E-state index contributed by atoms with van der Waals surface area (Å²) in [5.41, 5.74) is 3.33. The van der Waals surface area contributed by atoms with Crippen LogP contribution in [-0.2, 0) is 16.2 Å². The minimum absolute atomic E-state index is 0.329. The maximum absolute atomic E-state index is 11.4. The van der Waals surface area contributed by atoms with E-state index in [9.17, 15) is 4.79 Å². The standard InChI is InChI=1S/C15H15NO3/c1-12-7-8-14(19-12)9-10-15(17)16-18-11-13-5-3-2-4-6-13/h2-10H,11H2,1H3,(H,16,17). The number of nitrogens with one attached hydrogen (secondary N) is 1. The topological polar surface area (TPSA) is 51.5 Å². The first-order valence-corrected chi connectivity index (χ1v) is 5.94. The lowest BCUT2D eigenvalue weighted by Gasteiger charge is -2.03. The van der Waals surface area contributed by atoms with Crippen LogP contribution in [0.2, 0.25) is 0 Å². The fourth-order valence-electron chi connectivity index (χ4n) is 1.50. The summed E-state index contributed by atoms with van der Waals surface area (Å²) in [5.74, 6) is 1.11. The van der Waals surface area contributed by atoms with Gasteiger partial charge in [0.2, 0.25) is 0 Å². The third kappa shape index (κ3) is 4.44. The molecular formula is C15H15NO3. The fourth-order valence-corrected chi connectivity index (χ4v) is 1.50. The normalized spacial score (nSPS) is 10.8. The van der Waals surface area contributed by atoms with E-state index in [1.165, 1.54) is 6.08 Å². The molecule has 0 saturated heterocycles. The van der Waals surface area contributed by atoms with Gasteiger partial charge in [-0.05, 0) is 30.7 Å². The number of carbonyl (C=O) groups excluding carboxylic acids is 1. The molecule has 0 aliphatic carbocycles. The van der Waals surface area contributed by atoms with E-state index in [1.807, 2.05) is 43.3 Å². The summed E-state index contributed by atoms with van der Waals surface area (Å²) in [4.78, 5) is 16.5. The second-order valence-corrected chi connectivity index (χ2v) is 4.02. The molecule has 0 fully saturated rings. The van der Waals surface area contributed by atoms with Crippen LogP contribution in [0.3, 0.4) is 0 Å². The van der Waals surface area contributed by atoms with Crippen LogP contribution in [0.4, 0.5) is 0 Å². The second-order valence-electron chi connectivity index (χ2n) is 4.02. The molecule has 1 aromatic heterocycles. The van der Waals surface area contributed by atoms with Crippen molar-refractivity contribution in [1.82, 2.24) is 5.48 Å². The SMILES string of the molecule is Cc1ccc(C=CC(=O)NOCc2ccccc2)o1. The van der Waals surface area contributed by atoms with Crippen LogP contribution in [0.15, 0.2) is 53.0 Å². The second kappa shape index (κ2) is 6.56. The highest BCUT2D eigenvalue weighted by Gasteiger charge is 1.98. The molecule has 4 nitrogen and oxygen atoms in total. The van der Waals surface area contributed by atoms with Gasteiger partial charge in [-0.2, -0.15) is 0 Å². The Bertz CT molecular complexity index is 558. The van der Waals surface area contributed by atoms with Crippen LogP contribution in [0.25, 0.3) is 6.08 Å². The number of carbonyl (C=O) groups is 1. The first-order chi connectivity index (χ1) is 9.24. The van der Waals surface area contributed by atoms with Crippen LogP contribution in [0, 0.1) is 6.92 Å². The maximum Gasteiger partial charge on any atom is 0.267 e. The smallest absolute Gasteiger partial charge is 0.267 e. The molecule has 1 amide bonds. The Morgan fingerprint density at radius 1 is 1.26 bits per heavy atom. The summed E-state index contributed by atoms with van der Waals surface area (Å²) in [5, 5.41) is 0. The molecule has 1 aromatic carbocycles. The molecule has 0 spiro atoms. The number of furan rings is 1. The summed E-state index contributed by atoms with van der Waals surface area (Å²) >= 11 is 0. The summed E-state index contributed by atoms with van der Waals surface area (Å²) in [6.45, 7) is 2.18. The highest BCUT2D eigenvalue weighted by molar-refractivity contribution is 5.90. The van der Waals surface area contributed by atoms with Gasteiger partial charge in [-0.25, -0.2) is 5.48 Å². The fraction of sp³-hybridized carbons (Fsp3) is 0.133. The molecule has 4 heteroatoms. The summed E-state index contributed by atoms with van der Waals surface area (Å²) < 4.78 is 5.30. The largest absolute Gasteiger partial charge is 0.462 e. The summed E-state index contributed by atoms with van der Waals surface area (Å²) in [6, 6.07) is 13.2. The van der Waals surface area contributed by atoms with Gasteiger partial charge in [-0.15, -0.1) is 0 Å². The maximum atomic E-state index is 11.4. The van der Waals surface area contributed by atoms with Gasteiger partial charge in [0, 0.05) is 6.08 Å². The molecule has 19 heavy (non-hydrogen) atoms. The van der Waals surface area contributed by atoms with Crippen molar-refractivity contribution in [1.29, 1.82) is 0 Å². The number of hydroxylamine groups is 1. The zero-order valence-electron chi connectivity index (χ0n) is 10.6. The minimum atomic E-state index is -0.329. The zero-order valence-corrected chi connectivity index (χ0v) is 10.6. The predicted molar refractivity (Wildman–Crippen MR) is 71.9 cm³/mol. The first kappa shape index (κ1) is 13.1. The molecule has 2 aromatic rings. The van der Waals surface area contributed by atoms with Gasteiger partial charge < -0.3 is 4.42 Å². The van der Waals surface area contributed by atoms with Crippen molar-refractivity contribution in [2.75, 3.05) is 0 Å². The highest BCUT2D eigenvalue weighted by Crippen LogP contribution is 2.07. The molecule has 0 bridgehead atoms. The number of hydrogen-bond acceptors (Lipinski definition) is 3. The molecular weight excluding hydrogens is 242 g/mol. The van der Waals surface area contributed by atoms with Gasteiger partial charge in [0.1, 0.15) is 11.5 Å². The van der Waals surface area contributed by atoms with E-state index in [4.69, 9.17) is 9.25 Å². The molecule has 1 heterocycles. The van der Waals surface area contributed by atoms with E-state index in [0.717, 1.165) is 11.3 Å². The van der Waals surface area contributed by atoms with Crippen molar-refractivity contribution in [3.63, 3.8) is 0 Å². The lowest BCUT2D eigenvalue weighted by molar-refractivity contribution is -0.129. The Hall–Kier alpha value is -2.33. The molecule has 0 atom stereocenters. The number of rotatable bonds is 5. The Morgan fingerprint density at radius 3 is 2.74 bits per heavy atom. The van der Waals surface area contributed by atoms with E-state index < -0.39 is 0 Å². The molecule has 0 radical (unpaired) electrons. The van der Waals surface area contributed by atoms with Crippen LogP contribution in [-0.4, -0.2) is 5.91 Å². The molecule has 0 unspecified atom stereocenters. The first-order valence-electron chi connectivity index (χ1n) is 5.94. The molecule has 0 saturated carbocycles. The zero-order chi connectivity index (χ0) is 13.5. The lowest BCUT2D eigenvalue weighted by atomic mass is 10.2. The van der Waals surface area contributed by atoms with Gasteiger partial charge in [0.05, 0.1) is 6.61 Å². The Morgan fingerprint density at radius 2 is 2.05 bits per heavy atom. The third-order valence-electron chi connectivity index (χ3n) is 2.41. The quantitative estimate of drug-likeness (QED) is 0.662. The van der Waals surface area contributed by atoms with Gasteiger partial charge in [-0.1, -0.05) is 30.3 Å². The van der Waals surface area contributed by atoms with E-state index >= 15 is 0 Å². The lowest BCUT2D eigenvalue weighted by Crippen LogP contribution is -2.21. The Balaban J connectivity index is 1.74. The Labute approximate surface area is 111 Å². The van der Waals surface area contributed by atoms with Gasteiger partial charge >= 0.3 is 0 Å². The summed E-state index contributed by atoms with van der Waals surface area (Å²) in [7, 11) is 0. The van der Waals surface area contributed by atoms with Crippen LogP contribution in [0.1, 0.15) is 17.1 Å². The molecule has 0 aliphatic heterocycles. The average Bonchev–Trinajstić information content (AvgIpc) is 2.83. The van der Waals surface area contributed by atoms with Crippen molar-refractivity contribution in [2.45, 2.75) is 13.5 Å². The van der Waals surface area contributed by atoms with Gasteiger partial charge in [-0.3, -0.25) is 9.63 Å². The van der Waals surface area contributed by atoms with Crippen molar-refractivity contribution >= 4 is 12.0 Å². The van der Waals surface area contributed by atoms with Crippen LogP contribution in [0.5, 0.6) is 0 Å². The van der Waals surface area contributed by atoms with E-state index in [0.29, 0.717) is 12.4 Å². The third-order valence-corrected chi connectivity index (χ3v) is 2.41. The van der Waals surface area contributed by atoms with E-state index in [1.54, 1.807) is 12.1 Å². The van der Waals surface area contributed by atoms with Crippen molar-refractivity contribution in [3.05, 3.63) is 65.6 Å². The number of hydrogen-bond donors (Lipinski definition) is 1. The number of benzene rings is 1. The number of aryl methyl sites for hydroxylation is 1. The van der Waals surface area contributed by atoms with Crippen LogP contribution >= 0.6 is 0 Å². The van der Waals surface area contributed by atoms with Crippen molar-refractivity contribution < 1.29 is 14.0 Å². The number of amides is 1. The monoisotopic (exact) mass is 257 g/mol. The van der Waals surface area contributed by atoms with E-state index in [-0.39, 0.29) is 5.91 Å². The average molecular weight is 257 g/mol. The van der Waals surface area contributed by atoms with E-state index in [2.05, 4.69) is 5.48 Å². The molecule has 0 aliphatic rings. The van der Waals surface area contributed by atoms with Crippen molar-refractivity contribution in [3.8, 4) is 0 Å².